The van der Waals surface area contributed by atoms with E-state index in [2.05, 4.69) is 31.2 Å². The molecule has 0 heterocycles. The molecule has 2 aromatic rings. The molecule has 88 valence electrons. The summed E-state index contributed by atoms with van der Waals surface area (Å²) in [6.45, 7) is 2.09. The van der Waals surface area contributed by atoms with E-state index >= 15 is 0 Å². The second kappa shape index (κ2) is 5.35. The first-order valence-electron chi connectivity index (χ1n) is 5.82. The van der Waals surface area contributed by atoms with Crippen LogP contribution in [0.5, 0.6) is 0 Å². The second-order valence-corrected chi connectivity index (χ2v) is 4.59. The zero-order valence-corrected chi connectivity index (χ0v) is 10.6. The fourth-order valence-corrected chi connectivity index (χ4v) is 2.04. The van der Waals surface area contributed by atoms with Gasteiger partial charge in [0, 0.05) is 11.1 Å². The van der Waals surface area contributed by atoms with Crippen LogP contribution in [0.1, 0.15) is 24.9 Å². The van der Waals surface area contributed by atoms with Gasteiger partial charge in [0.25, 0.3) is 0 Å². The van der Waals surface area contributed by atoms with Gasteiger partial charge in [0.2, 0.25) is 0 Å². The third kappa shape index (κ3) is 2.87. The van der Waals surface area contributed by atoms with Crippen LogP contribution >= 0.6 is 11.6 Å². The molecule has 2 aromatic carbocycles. The highest BCUT2D eigenvalue weighted by Crippen LogP contribution is 2.25. The molecule has 2 heteroatoms. The van der Waals surface area contributed by atoms with Crippen LogP contribution in [0.3, 0.4) is 0 Å². The Balaban J connectivity index is 2.39. The van der Waals surface area contributed by atoms with Crippen LogP contribution in [0.15, 0.2) is 48.5 Å². The molecule has 2 rings (SSSR count). The smallest absolute Gasteiger partial charge is 0.0412 e. The fourth-order valence-electron chi connectivity index (χ4n) is 1.85. The minimum atomic E-state index is 0.106. The molecule has 0 aromatic heterocycles. The lowest BCUT2D eigenvalue weighted by Crippen LogP contribution is -2.08. The average Bonchev–Trinajstić information content (AvgIpc) is 2.38. The van der Waals surface area contributed by atoms with Crippen LogP contribution in [0.4, 0.5) is 0 Å². The van der Waals surface area contributed by atoms with Crippen molar-refractivity contribution in [1.82, 2.24) is 0 Å². The highest BCUT2D eigenvalue weighted by Gasteiger charge is 2.05. The normalized spacial score (nSPS) is 12.4. The van der Waals surface area contributed by atoms with E-state index in [9.17, 15) is 0 Å². The third-order valence-electron chi connectivity index (χ3n) is 2.91. The molecule has 1 atom stereocenters. The van der Waals surface area contributed by atoms with E-state index in [-0.39, 0.29) is 6.04 Å². The van der Waals surface area contributed by atoms with Gasteiger partial charge in [0.1, 0.15) is 0 Å². The number of halogens is 1. The zero-order chi connectivity index (χ0) is 12.3. The van der Waals surface area contributed by atoms with Gasteiger partial charge in [-0.25, -0.2) is 0 Å². The maximum Gasteiger partial charge on any atom is 0.0412 e. The highest BCUT2D eigenvalue weighted by atomic mass is 35.5. The molecule has 0 aliphatic rings. The van der Waals surface area contributed by atoms with E-state index in [1.165, 1.54) is 5.56 Å². The molecule has 0 saturated heterocycles. The summed E-state index contributed by atoms with van der Waals surface area (Å²) in [7, 11) is 0. The average molecular weight is 246 g/mol. The molecule has 0 spiro atoms. The Labute approximate surface area is 107 Å². The van der Waals surface area contributed by atoms with Crippen molar-refractivity contribution < 1.29 is 0 Å². The largest absolute Gasteiger partial charge is 0.324 e. The number of nitrogens with two attached hydrogens (primary N) is 1. The molecular weight excluding hydrogens is 230 g/mol. The predicted octanol–water partition coefficient (Wildman–Crippen LogP) is 4.42. The van der Waals surface area contributed by atoms with Gasteiger partial charge in [0.05, 0.1) is 0 Å². The van der Waals surface area contributed by atoms with Crippen molar-refractivity contribution in [3.63, 3.8) is 0 Å². The maximum atomic E-state index is 6.05. The molecular formula is C15H16ClN. The van der Waals surface area contributed by atoms with E-state index in [0.29, 0.717) is 0 Å². The summed E-state index contributed by atoms with van der Waals surface area (Å²) in [5.74, 6) is 0. The highest BCUT2D eigenvalue weighted by molar-refractivity contribution is 6.30. The maximum absolute atomic E-state index is 6.05. The van der Waals surface area contributed by atoms with E-state index in [0.717, 1.165) is 22.6 Å². The van der Waals surface area contributed by atoms with Crippen LogP contribution in [0.25, 0.3) is 11.1 Å². The quantitative estimate of drug-likeness (QED) is 0.851. The Morgan fingerprint density at radius 3 is 2.35 bits per heavy atom. The first-order valence-corrected chi connectivity index (χ1v) is 6.20. The van der Waals surface area contributed by atoms with E-state index in [1.807, 2.05) is 24.3 Å². The Kier molecular flexibility index (Phi) is 3.82. The van der Waals surface area contributed by atoms with Crippen molar-refractivity contribution in [3.05, 3.63) is 59.1 Å². The van der Waals surface area contributed by atoms with Crippen molar-refractivity contribution in [1.29, 1.82) is 0 Å². The summed E-state index contributed by atoms with van der Waals surface area (Å²) in [5, 5.41) is 0.757. The molecule has 1 unspecified atom stereocenters. The van der Waals surface area contributed by atoms with Gasteiger partial charge in [-0.1, -0.05) is 48.9 Å². The summed E-state index contributed by atoms with van der Waals surface area (Å²) >= 11 is 6.00. The van der Waals surface area contributed by atoms with E-state index in [1.54, 1.807) is 0 Å². The summed E-state index contributed by atoms with van der Waals surface area (Å²) in [6.07, 6.45) is 0.943. The first-order chi connectivity index (χ1) is 8.20. The molecule has 0 bridgehead atoms. The summed E-state index contributed by atoms with van der Waals surface area (Å²) in [4.78, 5) is 0. The lowest BCUT2D eigenvalue weighted by Gasteiger charge is -2.11. The minimum absolute atomic E-state index is 0.106. The Bertz CT molecular complexity index is 508. The van der Waals surface area contributed by atoms with Gasteiger partial charge in [-0.15, -0.1) is 0 Å². The third-order valence-corrected chi connectivity index (χ3v) is 3.15. The molecule has 0 amide bonds. The molecule has 0 fully saturated rings. The van der Waals surface area contributed by atoms with Gasteiger partial charge in [-0.2, -0.15) is 0 Å². The van der Waals surface area contributed by atoms with Gasteiger partial charge < -0.3 is 5.73 Å². The Hall–Kier alpha value is -1.31. The van der Waals surface area contributed by atoms with E-state index in [4.69, 9.17) is 17.3 Å². The number of hydrogen-bond acceptors (Lipinski definition) is 1. The van der Waals surface area contributed by atoms with Gasteiger partial charge >= 0.3 is 0 Å². The van der Waals surface area contributed by atoms with Crippen molar-refractivity contribution in [3.8, 4) is 11.1 Å². The number of benzene rings is 2. The molecule has 0 saturated carbocycles. The molecule has 0 aliphatic carbocycles. The number of rotatable bonds is 3. The van der Waals surface area contributed by atoms with E-state index < -0.39 is 0 Å². The van der Waals surface area contributed by atoms with Crippen LogP contribution in [-0.2, 0) is 0 Å². The molecule has 0 radical (unpaired) electrons. The summed E-state index contributed by atoms with van der Waals surface area (Å²) < 4.78 is 0. The lowest BCUT2D eigenvalue weighted by atomic mass is 9.99. The van der Waals surface area contributed by atoms with Gasteiger partial charge in [-0.05, 0) is 41.3 Å². The topological polar surface area (TPSA) is 26.0 Å². The van der Waals surface area contributed by atoms with Crippen LogP contribution in [0.2, 0.25) is 5.02 Å². The molecule has 0 aliphatic heterocycles. The SMILES string of the molecule is CCC(N)c1cccc(-c2cccc(Cl)c2)c1. The molecule has 2 N–H and O–H groups in total. The first kappa shape index (κ1) is 12.2. The monoisotopic (exact) mass is 245 g/mol. The van der Waals surface area contributed by atoms with Crippen LogP contribution in [-0.4, -0.2) is 0 Å². The van der Waals surface area contributed by atoms with Crippen molar-refractivity contribution >= 4 is 11.6 Å². The van der Waals surface area contributed by atoms with Crippen molar-refractivity contribution in [2.24, 2.45) is 5.73 Å². The number of hydrogen-bond donors (Lipinski definition) is 1. The van der Waals surface area contributed by atoms with Crippen LogP contribution in [0, 0.1) is 0 Å². The van der Waals surface area contributed by atoms with Gasteiger partial charge in [-0.3, -0.25) is 0 Å². The standard InChI is InChI=1S/C15H16ClN/c1-2-15(17)13-7-3-5-11(9-13)12-6-4-8-14(16)10-12/h3-10,15H,2,17H2,1H3. The Morgan fingerprint density at radius 2 is 1.71 bits per heavy atom. The minimum Gasteiger partial charge on any atom is -0.324 e. The Morgan fingerprint density at radius 1 is 1.06 bits per heavy atom. The predicted molar refractivity (Wildman–Crippen MR) is 74.1 cm³/mol. The van der Waals surface area contributed by atoms with Crippen molar-refractivity contribution in [2.75, 3.05) is 0 Å². The lowest BCUT2D eigenvalue weighted by molar-refractivity contribution is 0.699. The second-order valence-electron chi connectivity index (χ2n) is 4.15. The summed E-state index contributed by atoms with van der Waals surface area (Å²) in [6, 6.07) is 16.3. The summed E-state index contributed by atoms with van der Waals surface area (Å²) in [5.41, 5.74) is 9.50. The van der Waals surface area contributed by atoms with Gasteiger partial charge in [0.15, 0.2) is 0 Å². The van der Waals surface area contributed by atoms with Crippen LogP contribution < -0.4 is 5.73 Å². The molecule has 1 nitrogen and oxygen atoms in total. The zero-order valence-electron chi connectivity index (χ0n) is 9.86. The molecule has 17 heavy (non-hydrogen) atoms. The van der Waals surface area contributed by atoms with Crippen molar-refractivity contribution in [2.45, 2.75) is 19.4 Å². The fraction of sp³-hybridized carbons (Fsp3) is 0.200.